The van der Waals surface area contributed by atoms with Crippen molar-refractivity contribution in [3.05, 3.63) is 26.2 Å². The standard InChI is InChI=1S/C7H5BrIN5/c8-5-2-1-4(9)3-6(5)14-7(10)11-12-13-14/h1-3H,(H2,10,11,13). The second-order valence-electron chi connectivity index (χ2n) is 2.54. The molecule has 0 saturated carbocycles. The molecule has 0 fully saturated rings. The van der Waals surface area contributed by atoms with Crippen molar-refractivity contribution in [1.29, 1.82) is 0 Å². The van der Waals surface area contributed by atoms with Gasteiger partial charge in [0.2, 0.25) is 5.95 Å². The summed E-state index contributed by atoms with van der Waals surface area (Å²) in [6, 6.07) is 5.85. The van der Waals surface area contributed by atoms with E-state index in [1.807, 2.05) is 18.2 Å². The Morgan fingerprint density at radius 2 is 2.21 bits per heavy atom. The van der Waals surface area contributed by atoms with Gasteiger partial charge in [0.05, 0.1) is 5.69 Å². The van der Waals surface area contributed by atoms with Gasteiger partial charge in [-0.1, -0.05) is 5.10 Å². The summed E-state index contributed by atoms with van der Waals surface area (Å²) in [6.07, 6.45) is 0. The van der Waals surface area contributed by atoms with E-state index in [-0.39, 0.29) is 5.95 Å². The van der Waals surface area contributed by atoms with Crippen LogP contribution in [0.15, 0.2) is 22.7 Å². The highest BCUT2D eigenvalue weighted by Gasteiger charge is 2.08. The third kappa shape index (κ3) is 1.73. The first-order chi connectivity index (χ1) is 6.68. The molecule has 1 heterocycles. The minimum absolute atomic E-state index is 0.271. The van der Waals surface area contributed by atoms with Gasteiger partial charge in [-0.05, 0) is 67.1 Å². The molecule has 0 spiro atoms. The minimum Gasteiger partial charge on any atom is -0.366 e. The van der Waals surface area contributed by atoms with Crippen molar-refractivity contribution < 1.29 is 0 Å². The van der Waals surface area contributed by atoms with Crippen LogP contribution in [0.2, 0.25) is 0 Å². The highest BCUT2D eigenvalue weighted by atomic mass is 127. The third-order valence-corrected chi connectivity index (χ3v) is 2.97. The lowest BCUT2D eigenvalue weighted by molar-refractivity contribution is 0.789. The Morgan fingerprint density at radius 3 is 2.86 bits per heavy atom. The number of anilines is 1. The summed E-state index contributed by atoms with van der Waals surface area (Å²) >= 11 is 5.63. The average Bonchev–Trinajstić information content (AvgIpc) is 2.56. The Bertz CT molecular complexity index is 469. The fourth-order valence-corrected chi connectivity index (χ4v) is 1.90. The molecule has 5 nitrogen and oxygen atoms in total. The molecule has 2 N–H and O–H groups in total. The number of halogens is 2. The van der Waals surface area contributed by atoms with Crippen molar-refractivity contribution in [3.63, 3.8) is 0 Å². The van der Waals surface area contributed by atoms with Crippen LogP contribution in [-0.4, -0.2) is 20.2 Å². The summed E-state index contributed by atoms with van der Waals surface area (Å²) in [5.41, 5.74) is 6.43. The van der Waals surface area contributed by atoms with E-state index in [9.17, 15) is 0 Å². The molecule has 0 aliphatic carbocycles. The average molecular weight is 366 g/mol. The van der Waals surface area contributed by atoms with Crippen LogP contribution in [0.4, 0.5) is 5.95 Å². The van der Waals surface area contributed by atoms with E-state index in [1.54, 1.807) is 0 Å². The van der Waals surface area contributed by atoms with E-state index in [2.05, 4.69) is 54.0 Å². The molecular weight excluding hydrogens is 361 g/mol. The lowest BCUT2D eigenvalue weighted by Gasteiger charge is -2.04. The summed E-state index contributed by atoms with van der Waals surface area (Å²) in [6.45, 7) is 0. The van der Waals surface area contributed by atoms with Crippen molar-refractivity contribution in [2.45, 2.75) is 0 Å². The maximum absolute atomic E-state index is 5.60. The summed E-state index contributed by atoms with van der Waals surface area (Å²) in [7, 11) is 0. The second kappa shape index (κ2) is 3.81. The van der Waals surface area contributed by atoms with Crippen LogP contribution < -0.4 is 5.73 Å². The maximum Gasteiger partial charge on any atom is 0.245 e. The molecule has 0 saturated heterocycles. The Hall–Kier alpha value is -0.700. The number of hydrogen-bond donors (Lipinski definition) is 1. The van der Waals surface area contributed by atoms with Gasteiger partial charge in [-0.2, -0.15) is 4.68 Å². The van der Waals surface area contributed by atoms with Crippen molar-refractivity contribution in [2.75, 3.05) is 5.73 Å². The van der Waals surface area contributed by atoms with Crippen LogP contribution >= 0.6 is 38.5 Å². The molecule has 0 bridgehead atoms. The number of nitrogen functional groups attached to an aromatic ring is 1. The van der Waals surface area contributed by atoms with Crippen molar-refractivity contribution in [3.8, 4) is 5.69 Å². The maximum atomic E-state index is 5.60. The Morgan fingerprint density at radius 1 is 1.43 bits per heavy atom. The summed E-state index contributed by atoms with van der Waals surface area (Å²) in [5.74, 6) is 0.271. The number of aromatic nitrogens is 4. The fourth-order valence-electron chi connectivity index (χ4n) is 1.01. The van der Waals surface area contributed by atoms with Crippen LogP contribution in [0.3, 0.4) is 0 Å². The van der Waals surface area contributed by atoms with Crippen LogP contribution in [0, 0.1) is 3.57 Å². The van der Waals surface area contributed by atoms with E-state index < -0.39 is 0 Å². The molecule has 7 heteroatoms. The highest BCUT2D eigenvalue weighted by molar-refractivity contribution is 14.1. The van der Waals surface area contributed by atoms with E-state index in [0.29, 0.717) is 0 Å². The van der Waals surface area contributed by atoms with Gasteiger partial charge in [-0.15, -0.1) is 0 Å². The van der Waals surface area contributed by atoms with Crippen molar-refractivity contribution in [2.24, 2.45) is 0 Å². The highest BCUT2D eigenvalue weighted by Crippen LogP contribution is 2.23. The SMILES string of the molecule is Nc1nnnn1-c1cc(I)ccc1Br. The number of benzene rings is 1. The zero-order valence-electron chi connectivity index (χ0n) is 6.85. The van der Waals surface area contributed by atoms with Gasteiger partial charge in [0.1, 0.15) is 0 Å². The molecule has 0 amide bonds. The summed E-state index contributed by atoms with van der Waals surface area (Å²) < 4.78 is 3.47. The zero-order chi connectivity index (χ0) is 10.1. The largest absolute Gasteiger partial charge is 0.366 e. The Balaban J connectivity index is 2.62. The fraction of sp³-hybridized carbons (Fsp3) is 0. The number of nitrogens with zero attached hydrogens (tertiary/aromatic N) is 4. The van der Waals surface area contributed by atoms with E-state index in [4.69, 9.17) is 5.73 Å². The first-order valence-electron chi connectivity index (χ1n) is 3.68. The van der Waals surface area contributed by atoms with Gasteiger partial charge in [0, 0.05) is 8.04 Å². The molecule has 72 valence electrons. The first-order valence-corrected chi connectivity index (χ1v) is 5.55. The van der Waals surface area contributed by atoms with E-state index in [0.717, 1.165) is 13.7 Å². The van der Waals surface area contributed by atoms with Gasteiger partial charge in [-0.25, -0.2) is 0 Å². The molecule has 14 heavy (non-hydrogen) atoms. The quantitative estimate of drug-likeness (QED) is 0.779. The molecular formula is C7H5BrIN5. The summed E-state index contributed by atoms with van der Waals surface area (Å²) in [4.78, 5) is 0. The number of tetrazole rings is 1. The second-order valence-corrected chi connectivity index (χ2v) is 4.64. The smallest absolute Gasteiger partial charge is 0.245 e. The normalized spacial score (nSPS) is 10.4. The van der Waals surface area contributed by atoms with Gasteiger partial charge in [0.25, 0.3) is 0 Å². The molecule has 0 aliphatic heterocycles. The van der Waals surface area contributed by atoms with Crippen molar-refractivity contribution >= 4 is 44.5 Å². The molecule has 2 rings (SSSR count). The third-order valence-electron chi connectivity index (χ3n) is 1.63. The van der Waals surface area contributed by atoms with Crippen LogP contribution in [-0.2, 0) is 0 Å². The lowest BCUT2D eigenvalue weighted by atomic mass is 10.3. The monoisotopic (exact) mass is 365 g/mol. The molecule has 0 unspecified atom stereocenters. The number of hydrogen-bond acceptors (Lipinski definition) is 4. The minimum atomic E-state index is 0.271. The molecule has 0 radical (unpaired) electrons. The molecule has 1 aromatic carbocycles. The molecule has 2 aromatic rings. The molecule has 0 aliphatic rings. The van der Waals surface area contributed by atoms with Crippen LogP contribution in [0.1, 0.15) is 0 Å². The summed E-state index contributed by atoms with van der Waals surface area (Å²) in [5, 5.41) is 10.9. The molecule has 1 aromatic heterocycles. The number of rotatable bonds is 1. The number of nitrogens with two attached hydrogens (primary N) is 1. The van der Waals surface area contributed by atoms with Gasteiger partial charge in [-0.3, -0.25) is 0 Å². The van der Waals surface area contributed by atoms with Crippen LogP contribution in [0.5, 0.6) is 0 Å². The Labute approximate surface area is 102 Å². The van der Waals surface area contributed by atoms with Gasteiger partial charge < -0.3 is 5.73 Å². The first kappa shape index (κ1) is 9.84. The predicted octanol–water partition coefficient (Wildman–Crippen LogP) is 1.61. The predicted molar refractivity (Wildman–Crippen MR) is 64.0 cm³/mol. The van der Waals surface area contributed by atoms with Crippen molar-refractivity contribution in [1.82, 2.24) is 20.2 Å². The topological polar surface area (TPSA) is 69.6 Å². The van der Waals surface area contributed by atoms with E-state index in [1.165, 1.54) is 4.68 Å². The molecule has 0 atom stereocenters. The van der Waals surface area contributed by atoms with Crippen LogP contribution in [0.25, 0.3) is 5.69 Å². The Kier molecular flexibility index (Phi) is 2.68. The van der Waals surface area contributed by atoms with Gasteiger partial charge in [0.15, 0.2) is 0 Å². The van der Waals surface area contributed by atoms with E-state index >= 15 is 0 Å². The van der Waals surface area contributed by atoms with Gasteiger partial charge >= 0.3 is 0 Å². The lowest BCUT2D eigenvalue weighted by Crippen LogP contribution is -2.03. The zero-order valence-corrected chi connectivity index (χ0v) is 10.6.